The molecule has 0 radical (unpaired) electrons. The van der Waals surface area contributed by atoms with Gasteiger partial charge in [-0.3, -0.25) is 0 Å². The predicted octanol–water partition coefficient (Wildman–Crippen LogP) is 15.8. The maximum Gasteiger partial charge on any atom is 0.0562 e. The van der Waals surface area contributed by atoms with Crippen molar-refractivity contribution in [3.8, 4) is 33.6 Å². The maximum atomic E-state index is 2.44. The Hall–Kier alpha value is -8.14. The third kappa shape index (κ3) is 5.82. The molecule has 0 unspecified atom stereocenters. The summed E-state index contributed by atoms with van der Waals surface area (Å²) >= 11 is 0. The van der Waals surface area contributed by atoms with Gasteiger partial charge in [0.05, 0.1) is 27.8 Å². The molecule has 0 spiro atoms. The molecule has 0 atom stereocenters. The van der Waals surface area contributed by atoms with Crippen LogP contribution in [0.2, 0.25) is 0 Å². The number of benzene rings is 10. The van der Waals surface area contributed by atoms with Gasteiger partial charge in [-0.2, -0.15) is 0 Å². The summed E-state index contributed by atoms with van der Waals surface area (Å²) in [5.41, 5.74) is 15.0. The van der Waals surface area contributed by atoms with Crippen LogP contribution in [0.15, 0.2) is 237 Å². The molecule has 2 aromatic heterocycles. The molecular weight excluding hydrogens is 739 g/mol. The van der Waals surface area contributed by atoms with E-state index in [9.17, 15) is 0 Å². The highest BCUT2D eigenvalue weighted by atomic mass is 15.1. The molecule has 0 fully saturated rings. The van der Waals surface area contributed by atoms with Gasteiger partial charge in [0.25, 0.3) is 0 Å². The molecule has 0 bridgehead atoms. The van der Waals surface area contributed by atoms with Gasteiger partial charge in [0, 0.05) is 44.3 Å². The molecule has 0 saturated carbocycles. The normalized spacial score (nSPS) is 11.6. The van der Waals surface area contributed by atoms with Crippen LogP contribution in [0.1, 0.15) is 0 Å². The van der Waals surface area contributed by atoms with Crippen molar-refractivity contribution in [2.45, 2.75) is 0 Å². The molecule has 0 N–H and O–H groups in total. The van der Waals surface area contributed by atoms with Crippen molar-refractivity contribution in [1.82, 2.24) is 9.13 Å². The average molecular weight is 778 g/mol. The van der Waals surface area contributed by atoms with Crippen LogP contribution in [0.5, 0.6) is 0 Å². The lowest BCUT2D eigenvalue weighted by Gasteiger charge is -2.27. The van der Waals surface area contributed by atoms with Crippen LogP contribution >= 0.6 is 0 Å². The van der Waals surface area contributed by atoms with Gasteiger partial charge < -0.3 is 14.0 Å². The first-order chi connectivity index (χ1) is 30.3. The predicted molar refractivity (Wildman–Crippen MR) is 258 cm³/mol. The monoisotopic (exact) mass is 777 g/mol. The molecule has 286 valence electrons. The number of fused-ring (bicyclic) bond motifs is 7. The van der Waals surface area contributed by atoms with Crippen LogP contribution in [0.4, 0.5) is 17.1 Å². The van der Waals surface area contributed by atoms with Crippen molar-refractivity contribution in [2.24, 2.45) is 0 Å². The molecule has 10 aromatic carbocycles. The van der Waals surface area contributed by atoms with Crippen LogP contribution in [-0.4, -0.2) is 9.13 Å². The molecule has 3 heteroatoms. The first-order valence-corrected chi connectivity index (χ1v) is 20.9. The first-order valence-electron chi connectivity index (χ1n) is 20.9. The van der Waals surface area contributed by atoms with Crippen molar-refractivity contribution in [2.75, 3.05) is 4.90 Å². The van der Waals surface area contributed by atoms with E-state index in [0.29, 0.717) is 0 Å². The van der Waals surface area contributed by atoms with E-state index in [0.717, 1.165) is 39.6 Å². The van der Waals surface area contributed by atoms with Gasteiger partial charge in [0.1, 0.15) is 0 Å². The Morgan fingerprint density at radius 2 is 0.852 bits per heavy atom. The number of aromatic nitrogens is 2. The largest absolute Gasteiger partial charge is 0.310 e. The van der Waals surface area contributed by atoms with E-state index in [1.54, 1.807) is 0 Å². The fourth-order valence-corrected chi connectivity index (χ4v) is 9.47. The van der Waals surface area contributed by atoms with Crippen LogP contribution in [-0.2, 0) is 0 Å². The summed E-state index contributed by atoms with van der Waals surface area (Å²) in [4.78, 5) is 2.44. The Bertz CT molecular complexity index is 3580. The molecule has 0 amide bonds. The molecule has 3 nitrogen and oxygen atoms in total. The minimum absolute atomic E-state index is 1.09. The first kappa shape index (κ1) is 34.9. The summed E-state index contributed by atoms with van der Waals surface area (Å²) in [5.74, 6) is 0. The number of hydrogen-bond acceptors (Lipinski definition) is 1. The topological polar surface area (TPSA) is 13.1 Å². The highest BCUT2D eigenvalue weighted by Gasteiger charge is 2.22. The van der Waals surface area contributed by atoms with Crippen molar-refractivity contribution in [3.63, 3.8) is 0 Å². The summed E-state index contributed by atoms with van der Waals surface area (Å²) in [6, 6.07) is 86.0. The lowest BCUT2D eigenvalue weighted by Crippen LogP contribution is -2.10. The van der Waals surface area contributed by atoms with Crippen LogP contribution in [0.25, 0.3) is 88.0 Å². The molecule has 12 aromatic rings. The lowest BCUT2D eigenvalue weighted by molar-refractivity contribution is 1.18. The smallest absolute Gasteiger partial charge is 0.0562 e. The number of rotatable bonds is 7. The molecule has 0 saturated heterocycles. The molecule has 0 aliphatic carbocycles. The highest BCUT2D eigenvalue weighted by Crippen LogP contribution is 2.45. The Morgan fingerprint density at radius 3 is 1.67 bits per heavy atom. The third-order valence-corrected chi connectivity index (χ3v) is 12.3. The van der Waals surface area contributed by atoms with Crippen LogP contribution in [0.3, 0.4) is 0 Å². The van der Waals surface area contributed by atoms with Crippen molar-refractivity contribution >= 4 is 71.4 Å². The molecule has 61 heavy (non-hydrogen) atoms. The zero-order valence-corrected chi connectivity index (χ0v) is 33.4. The second-order valence-electron chi connectivity index (χ2n) is 15.8. The highest BCUT2D eigenvalue weighted by molar-refractivity contribution is 6.17. The van der Waals surface area contributed by atoms with Crippen molar-refractivity contribution in [1.29, 1.82) is 0 Å². The minimum atomic E-state index is 1.09. The van der Waals surface area contributed by atoms with E-state index >= 15 is 0 Å². The van der Waals surface area contributed by atoms with E-state index in [1.807, 2.05) is 0 Å². The van der Waals surface area contributed by atoms with E-state index < -0.39 is 0 Å². The molecule has 12 rings (SSSR count). The summed E-state index contributed by atoms with van der Waals surface area (Å²) < 4.78 is 4.82. The number of anilines is 3. The average Bonchev–Trinajstić information content (AvgIpc) is 3.85. The molecule has 2 heterocycles. The zero-order valence-electron chi connectivity index (χ0n) is 33.4. The van der Waals surface area contributed by atoms with Gasteiger partial charge in [-0.25, -0.2) is 0 Å². The fraction of sp³-hybridized carbons (Fsp3) is 0. The van der Waals surface area contributed by atoms with Crippen molar-refractivity contribution < 1.29 is 0 Å². The van der Waals surface area contributed by atoms with E-state index in [1.165, 1.54) is 65.5 Å². The van der Waals surface area contributed by atoms with Gasteiger partial charge in [-0.15, -0.1) is 0 Å². The van der Waals surface area contributed by atoms with Gasteiger partial charge in [0.15, 0.2) is 0 Å². The Balaban J connectivity index is 1.06. The lowest BCUT2D eigenvalue weighted by atomic mass is 10.0. The van der Waals surface area contributed by atoms with E-state index in [-0.39, 0.29) is 0 Å². The van der Waals surface area contributed by atoms with Crippen molar-refractivity contribution in [3.05, 3.63) is 237 Å². The number of para-hydroxylation sites is 3. The summed E-state index contributed by atoms with van der Waals surface area (Å²) in [5, 5.41) is 7.38. The Kier molecular flexibility index (Phi) is 8.17. The van der Waals surface area contributed by atoms with Crippen LogP contribution in [0, 0.1) is 0 Å². The Morgan fingerprint density at radius 1 is 0.279 bits per heavy atom. The second kappa shape index (κ2) is 14.3. The SMILES string of the molecule is c1ccc(-c2ccc(N(c3cccc(-c4ccc5c6ccccc6n(-c6ccc7ccccc7c6)c5c4)c3)c3cccc4c3c3ccccc3n4-c3ccccc3)cc2)cc1. The van der Waals surface area contributed by atoms with E-state index in [4.69, 9.17) is 0 Å². The third-order valence-electron chi connectivity index (χ3n) is 12.3. The summed E-state index contributed by atoms with van der Waals surface area (Å²) in [7, 11) is 0. The minimum Gasteiger partial charge on any atom is -0.310 e. The molecule has 0 aliphatic heterocycles. The molecule has 0 aliphatic rings. The summed E-state index contributed by atoms with van der Waals surface area (Å²) in [6.45, 7) is 0. The Labute approximate surface area is 354 Å². The summed E-state index contributed by atoms with van der Waals surface area (Å²) in [6.07, 6.45) is 0. The molecular formula is C58H39N3. The number of hydrogen-bond donors (Lipinski definition) is 0. The van der Waals surface area contributed by atoms with Gasteiger partial charge in [-0.1, -0.05) is 158 Å². The quantitative estimate of drug-likeness (QED) is 0.157. The fourth-order valence-electron chi connectivity index (χ4n) is 9.47. The maximum absolute atomic E-state index is 2.44. The second-order valence-corrected chi connectivity index (χ2v) is 15.8. The van der Waals surface area contributed by atoms with Crippen LogP contribution < -0.4 is 4.90 Å². The van der Waals surface area contributed by atoms with Gasteiger partial charge >= 0.3 is 0 Å². The number of nitrogens with zero attached hydrogens (tertiary/aromatic N) is 3. The van der Waals surface area contributed by atoms with E-state index in [2.05, 4.69) is 251 Å². The van der Waals surface area contributed by atoms with Gasteiger partial charge in [-0.05, 0) is 112 Å². The standard InChI is InChI=1S/C58H39N3/c1-3-15-40(16-4-1)42-29-33-47(34-30-42)59(55-27-14-28-56-58(55)52-24-10-12-26-54(52)60(56)46-20-5-2-6-21-46)48-22-13-19-44(38-48)45-32-36-51-50-23-9-11-25-53(50)61(57(51)39-45)49-35-31-41-17-7-8-18-43(41)37-49/h1-39H. The van der Waals surface area contributed by atoms with Gasteiger partial charge in [0.2, 0.25) is 0 Å². The zero-order chi connectivity index (χ0) is 40.3.